The minimum atomic E-state index is 0.0956. The van der Waals surface area contributed by atoms with Crippen LogP contribution in [0.15, 0.2) is 22.7 Å². The number of hydrogen-bond donors (Lipinski definition) is 0. The monoisotopic (exact) mass is 339 g/mol. The molecule has 1 aliphatic heterocycles. The third-order valence-corrected chi connectivity index (χ3v) is 4.30. The van der Waals surface area contributed by atoms with Crippen LogP contribution in [0.3, 0.4) is 0 Å². The fourth-order valence-corrected chi connectivity index (χ4v) is 2.98. The number of amides is 1. The molecule has 0 aliphatic carbocycles. The molecule has 2 rings (SSSR count). The molecule has 1 unspecified atom stereocenters. The van der Waals surface area contributed by atoms with Gasteiger partial charge in [-0.3, -0.25) is 4.79 Å². The average Bonchev–Trinajstić information content (AvgIpc) is 2.40. The van der Waals surface area contributed by atoms with Crippen molar-refractivity contribution in [3.8, 4) is 5.75 Å². The number of halogens is 1. The number of nitrogens with zero attached hydrogens (tertiary/aromatic N) is 1. The van der Waals surface area contributed by atoms with Crippen molar-refractivity contribution in [2.24, 2.45) is 0 Å². The lowest BCUT2D eigenvalue weighted by molar-refractivity contribution is 0.0634. The summed E-state index contributed by atoms with van der Waals surface area (Å²) >= 11 is 3.48. The van der Waals surface area contributed by atoms with E-state index in [9.17, 15) is 4.79 Å². The first-order valence-electron chi connectivity index (χ1n) is 7.26. The van der Waals surface area contributed by atoms with E-state index in [2.05, 4.69) is 22.9 Å². The highest BCUT2D eigenvalue weighted by Crippen LogP contribution is 2.27. The first-order valence-corrected chi connectivity index (χ1v) is 8.05. The molecule has 0 saturated carbocycles. The Kier molecular flexibility index (Phi) is 5.08. The molecule has 110 valence electrons. The Morgan fingerprint density at radius 2 is 2.15 bits per heavy atom. The van der Waals surface area contributed by atoms with Crippen molar-refractivity contribution in [1.29, 1.82) is 0 Å². The highest BCUT2D eigenvalue weighted by Gasteiger charge is 2.25. The molecule has 0 spiro atoms. The van der Waals surface area contributed by atoms with Crippen molar-refractivity contribution in [2.75, 3.05) is 6.54 Å². The van der Waals surface area contributed by atoms with Crippen LogP contribution in [-0.4, -0.2) is 29.5 Å². The maximum absolute atomic E-state index is 12.7. The second kappa shape index (κ2) is 6.61. The highest BCUT2D eigenvalue weighted by atomic mass is 79.9. The molecule has 1 amide bonds. The number of benzene rings is 1. The summed E-state index contributed by atoms with van der Waals surface area (Å²) in [6, 6.07) is 5.94. The van der Waals surface area contributed by atoms with E-state index in [1.165, 1.54) is 6.42 Å². The number of carbonyl (C=O) groups is 1. The zero-order chi connectivity index (χ0) is 14.7. The number of ether oxygens (including phenoxy) is 1. The summed E-state index contributed by atoms with van der Waals surface area (Å²) in [6.07, 6.45) is 3.50. The van der Waals surface area contributed by atoms with Gasteiger partial charge in [-0.05, 0) is 74.2 Å². The van der Waals surface area contributed by atoms with E-state index < -0.39 is 0 Å². The van der Waals surface area contributed by atoms with Gasteiger partial charge in [0.05, 0.1) is 11.7 Å². The smallest absolute Gasteiger partial charge is 0.255 e. The summed E-state index contributed by atoms with van der Waals surface area (Å²) < 4.78 is 6.51. The van der Waals surface area contributed by atoms with Gasteiger partial charge >= 0.3 is 0 Å². The minimum Gasteiger partial charge on any atom is -0.491 e. The van der Waals surface area contributed by atoms with Gasteiger partial charge in [-0.15, -0.1) is 0 Å². The molecule has 0 N–H and O–H groups in total. The average molecular weight is 340 g/mol. The van der Waals surface area contributed by atoms with Crippen LogP contribution in [0.2, 0.25) is 0 Å². The van der Waals surface area contributed by atoms with Crippen molar-refractivity contribution >= 4 is 21.8 Å². The summed E-state index contributed by atoms with van der Waals surface area (Å²) in [5.74, 6) is 0.842. The molecule has 1 aromatic rings. The van der Waals surface area contributed by atoms with E-state index >= 15 is 0 Å². The molecule has 4 heteroatoms. The number of hydrogen-bond acceptors (Lipinski definition) is 2. The van der Waals surface area contributed by atoms with Gasteiger partial charge < -0.3 is 9.64 Å². The van der Waals surface area contributed by atoms with Crippen LogP contribution in [0, 0.1) is 0 Å². The molecule has 1 atom stereocenters. The molecule has 0 radical (unpaired) electrons. The molecule has 0 bridgehead atoms. The zero-order valence-corrected chi connectivity index (χ0v) is 13.9. The second-order valence-corrected chi connectivity index (χ2v) is 6.51. The van der Waals surface area contributed by atoms with Crippen molar-refractivity contribution in [1.82, 2.24) is 4.90 Å². The standard InChI is InChI=1S/C16H22BrNO2/c1-11(2)20-13-7-8-15(17)14(10-13)16(19)18-9-5-4-6-12(18)3/h7-8,10-12H,4-6,9H2,1-3H3. The third kappa shape index (κ3) is 3.54. The highest BCUT2D eigenvalue weighted by molar-refractivity contribution is 9.10. The third-order valence-electron chi connectivity index (χ3n) is 3.60. The van der Waals surface area contributed by atoms with Gasteiger partial charge in [0.15, 0.2) is 0 Å². The molecular weight excluding hydrogens is 318 g/mol. The van der Waals surface area contributed by atoms with Gasteiger partial charge in [0.25, 0.3) is 5.91 Å². The Morgan fingerprint density at radius 3 is 2.80 bits per heavy atom. The number of rotatable bonds is 3. The fraction of sp³-hybridized carbons (Fsp3) is 0.562. The summed E-state index contributed by atoms with van der Waals surface area (Å²) in [4.78, 5) is 14.7. The predicted molar refractivity (Wildman–Crippen MR) is 84.3 cm³/mol. The van der Waals surface area contributed by atoms with Crippen LogP contribution in [-0.2, 0) is 0 Å². The second-order valence-electron chi connectivity index (χ2n) is 5.65. The molecule has 1 fully saturated rings. The first kappa shape index (κ1) is 15.4. The molecular formula is C16H22BrNO2. The molecule has 0 aromatic heterocycles. The van der Waals surface area contributed by atoms with E-state index in [1.807, 2.05) is 36.9 Å². The van der Waals surface area contributed by atoms with Gasteiger partial charge in [-0.2, -0.15) is 0 Å². The topological polar surface area (TPSA) is 29.5 Å². The van der Waals surface area contributed by atoms with E-state index in [-0.39, 0.29) is 12.0 Å². The van der Waals surface area contributed by atoms with Crippen LogP contribution in [0.1, 0.15) is 50.4 Å². The van der Waals surface area contributed by atoms with Gasteiger partial charge in [0, 0.05) is 17.1 Å². The van der Waals surface area contributed by atoms with Gasteiger partial charge in [0.2, 0.25) is 0 Å². The summed E-state index contributed by atoms with van der Waals surface area (Å²) in [7, 11) is 0. The number of carbonyl (C=O) groups excluding carboxylic acids is 1. The quantitative estimate of drug-likeness (QED) is 0.823. The van der Waals surface area contributed by atoms with E-state index in [4.69, 9.17) is 4.74 Å². The Hall–Kier alpha value is -1.03. The number of piperidine rings is 1. The lowest BCUT2D eigenvalue weighted by atomic mass is 10.0. The normalized spacial score (nSPS) is 19.2. The van der Waals surface area contributed by atoms with Crippen LogP contribution >= 0.6 is 15.9 Å². The van der Waals surface area contributed by atoms with Crippen LogP contribution in [0.25, 0.3) is 0 Å². The Balaban J connectivity index is 2.23. The van der Waals surface area contributed by atoms with Gasteiger partial charge in [0.1, 0.15) is 5.75 Å². The molecule has 1 aromatic carbocycles. The predicted octanol–water partition coefficient (Wildman–Crippen LogP) is 4.25. The molecule has 1 saturated heterocycles. The van der Waals surface area contributed by atoms with Crippen molar-refractivity contribution in [3.05, 3.63) is 28.2 Å². The van der Waals surface area contributed by atoms with Crippen LogP contribution in [0.4, 0.5) is 0 Å². The molecule has 20 heavy (non-hydrogen) atoms. The summed E-state index contributed by atoms with van der Waals surface area (Å²) in [6.45, 7) is 6.94. The summed E-state index contributed by atoms with van der Waals surface area (Å²) in [5.41, 5.74) is 0.692. The van der Waals surface area contributed by atoms with E-state index in [1.54, 1.807) is 0 Å². The summed E-state index contributed by atoms with van der Waals surface area (Å²) in [5, 5.41) is 0. The molecule has 1 heterocycles. The largest absolute Gasteiger partial charge is 0.491 e. The Morgan fingerprint density at radius 1 is 1.40 bits per heavy atom. The van der Waals surface area contributed by atoms with E-state index in [0.717, 1.165) is 29.6 Å². The Bertz CT molecular complexity index is 487. The van der Waals surface area contributed by atoms with Crippen molar-refractivity contribution in [3.63, 3.8) is 0 Å². The zero-order valence-electron chi connectivity index (χ0n) is 12.4. The maximum Gasteiger partial charge on any atom is 0.255 e. The minimum absolute atomic E-state index is 0.0956. The van der Waals surface area contributed by atoms with Gasteiger partial charge in [-0.1, -0.05) is 0 Å². The first-order chi connectivity index (χ1) is 9.49. The number of likely N-dealkylation sites (tertiary alicyclic amines) is 1. The van der Waals surface area contributed by atoms with Crippen molar-refractivity contribution < 1.29 is 9.53 Å². The maximum atomic E-state index is 12.7. The van der Waals surface area contributed by atoms with E-state index in [0.29, 0.717) is 11.6 Å². The fourth-order valence-electron chi connectivity index (χ4n) is 2.57. The van der Waals surface area contributed by atoms with Crippen LogP contribution < -0.4 is 4.74 Å². The molecule has 1 aliphatic rings. The Labute approximate surface area is 129 Å². The van der Waals surface area contributed by atoms with Gasteiger partial charge in [-0.25, -0.2) is 0 Å². The lowest BCUT2D eigenvalue weighted by Gasteiger charge is -2.33. The lowest BCUT2D eigenvalue weighted by Crippen LogP contribution is -2.42. The van der Waals surface area contributed by atoms with Crippen LogP contribution in [0.5, 0.6) is 5.75 Å². The molecule has 3 nitrogen and oxygen atoms in total. The SMILES string of the molecule is CC(C)Oc1ccc(Br)c(C(=O)N2CCCCC2C)c1. The van der Waals surface area contributed by atoms with Crippen molar-refractivity contribution in [2.45, 2.75) is 52.2 Å².